The van der Waals surface area contributed by atoms with Crippen molar-refractivity contribution in [1.82, 2.24) is 0 Å². The molecule has 1 atom stereocenters. The van der Waals surface area contributed by atoms with Gasteiger partial charge in [-0.2, -0.15) is 0 Å². The summed E-state index contributed by atoms with van der Waals surface area (Å²) < 4.78 is 0. The molecule has 0 fully saturated rings. The van der Waals surface area contributed by atoms with E-state index in [1.807, 2.05) is 6.92 Å². The molecule has 0 aromatic rings. The van der Waals surface area contributed by atoms with Gasteiger partial charge in [-0.3, -0.25) is 9.59 Å². The molecule has 112 valence electrons. The number of carbonyl (C=O) groups is 2. The van der Waals surface area contributed by atoms with Crippen molar-refractivity contribution in [2.45, 2.75) is 91.4 Å². The Kier molecular flexibility index (Phi) is 10.8. The maximum Gasteiger partial charge on any atom is 0.201 e. The highest BCUT2D eigenvalue weighted by Crippen LogP contribution is 2.32. The van der Waals surface area contributed by atoms with E-state index in [1.165, 1.54) is 44.9 Å². The van der Waals surface area contributed by atoms with E-state index in [9.17, 15) is 9.59 Å². The van der Waals surface area contributed by atoms with Crippen LogP contribution in [0.25, 0.3) is 0 Å². The van der Waals surface area contributed by atoms with Gasteiger partial charge in [-0.15, -0.1) is 0 Å². The van der Waals surface area contributed by atoms with Crippen molar-refractivity contribution in [2.24, 2.45) is 5.41 Å². The first-order valence-corrected chi connectivity index (χ1v) is 8.10. The molecular weight excluding hydrogens is 236 g/mol. The second-order valence-corrected chi connectivity index (χ2v) is 6.02. The minimum atomic E-state index is -0.401. The molecule has 0 heterocycles. The first-order chi connectivity index (χ1) is 9.10. The molecule has 0 aliphatic heterocycles. The number of ketones is 1. The number of unbranched alkanes of at least 4 members (excludes halogenated alkanes) is 7. The second-order valence-electron chi connectivity index (χ2n) is 6.02. The Hall–Kier alpha value is -0.660. The topological polar surface area (TPSA) is 34.1 Å². The Morgan fingerprint density at radius 3 is 1.68 bits per heavy atom. The van der Waals surface area contributed by atoms with Crippen molar-refractivity contribution < 1.29 is 9.59 Å². The molecule has 1 unspecified atom stereocenters. The average Bonchev–Trinajstić information content (AvgIpc) is 2.42. The highest BCUT2D eigenvalue weighted by atomic mass is 16.2. The van der Waals surface area contributed by atoms with Crippen LogP contribution in [0.3, 0.4) is 0 Å². The van der Waals surface area contributed by atoms with Gasteiger partial charge in [-0.05, 0) is 12.8 Å². The van der Waals surface area contributed by atoms with Gasteiger partial charge in [0, 0.05) is 5.41 Å². The van der Waals surface area contributed by atoms with Crippen LogP contribution in [0.2, 0.25) is 0 Å². The van der Waals surface area contributed by atoms with Crippen molar-refractivity contribution in [3.8, 4) is 0 Å². The molecule has 0 aliphatic carbocycles. The van der Waals surface area contributed by atoms with Crippen molar-refractivity contribution in [1.29, 1.82) is 0 Å². The van der Waals surface area contributed by atoms with Gasteiger partial charge in [-0.1, -0.05) is 78.6 Å². The SMILES string of the molecule is CCCCCCCC(C)(CCCCCC)C(=O)C=O. The van der Waals surface area contributed by atoms with Crippen LogP contribution >= 0.6 is 0 Å². The average molecular weight is 268 g/mol. The Labute approximate surface area is 119 Å². The summed E-state index contributed by atoms with van der Waals surface area (Å²) in [6.45, 7) is 6.37. The monoisotopic (exact) mass is 268 g/mol. The Morgan fingerprint density at radius 1 is 0.842 bits per heavy atom. The van der Waals surface area contributed by atoms with Crippen molar-refractivity contribution in [3.63, 3.8) is 0 Å². The van der Waals surface area contributed by atoms with Crippen LogP contribution in [0, 0.1) is 5.41 Å². The summed E-state index contributed by atoms with van der Waals surface area (Å²) in [5.41, 5.74) is -0.401. The lowest BCUT2D eigenvalue weighted by atomic mass is 9.76. The zero-order valence-corrected chi connectivity index (χ0v) is 13.2. The van der Waals surface area contributed by atoms with E-state index < -0.39 is 5.41 Å². The highest BCUT2D eigenvalue weighted by Gasteiger charge is 2.31. The lowest BCUT2D eigenvalue weighted by Gasteiger charge is -2.26. The number of Topliss-reactive ketones (excluding diaryl/α,β-unsaturated/α-hetero) is 1. The quantitative estimate of drug-likeness (QED) is 0.265. The smallest absolute Gasteiger partial charge is 0.201 e. The Balaban J connectivity index is 4.11. The summed E-state index contributed by atoms with van der Waals surface area (Å²) in [6.07, 6.45) is 13.0. The lowest BCUT2D eigenvalue weighted by Crippen LogP contribution is -2.29. The van der Waals surface area contributed by atoms with E-state index in [0.717, 1.165) is 25.7 Å². The van der Waals surface area contributed by atoms with Crippen LogP contribution in [0.15, 0.2) is 0 Å². The Morgan fingerprint density at radius 2 is 1.26 bits per heavy atom. The summed E-state index contributed by atoms with van der Waals surface area (Å²) in [4.78, 5) is 22.7. The van der Waals surface area contributed by atoms with Crippen LogP contribution in [0.5, 0.6) is 0 Å². The summed E-state index contributed by atoms with van der Waals surface area (Å²) in [5.74, 6) is -0.195. The molecule has 0 radical (unpaired) electrons. The number of carbonyl (C=O) groups excluding carboxylic acids is 2. The third-order valence-corrected chi connectivity index (χ3v) is 4.12. The van der Waals surface area contributed by atoms with E-state index in [2.05, 4.69) is 13.8 Å². The minimum absolute atomic E-state index is 0.195. The normalized spacial score (nSPS) is 14.1. The molecule has 0 aromatic carbocycles. The fourth-order valence-corrected chi connectivity index (χ4v) is 2.57. The van der Waals surface area contributed by atoms with Crippen molar-refractivity contribution >= 4 is 12.1 Å². The van der Waals surface area contributed by atoms with E-state index in [-0.39, 0.29) is 5.78 Å². The van der Waals surface area contributed by atoms with Gasteiger partial charge in [0.25, 0.3) is 0 Å². The molecule has 0 aliphatic rings. The van der Waals surface area contributed by atoms with Crippen molar-refractivity contribution in [3.05, 3.63) is 0 Å². The summed E-state index contributed by atoms with van der Waals surface area (Å²) in [6, 6.07) is 0. The standard InChI is InChI=1S/C17H32O2/c1-4-6-8-10-12-14-17(3,16(19)15-18)13-11-9-7-5-2/h15H,4-14H2,1-3H3. The molecule has 0 N–H and O–H groups in total. The minimum Gasteiger partial charge on any atom is -0.295 e. The predicted molar refractivity (Wildman–Crippen MR) is 81.3 cm³/mol. The first-order valence-electron chi connectivity index (χ1n) is 8.10. The first kappa shape index (κ1) is 18.3. The van der Waals surface area contributed by atoms with E-state index in [4.69, 9.17) is 0 Å². The van der Waals surface area contributed by atoms with Crippen LogP contribution in [-0.2, 0) is 9.59 Å². The van der Waals surface area contributed by atoms with E-state index >= 15 is 0 Å². The highest BCUT2D eigenvalue weighted by molar-refractivity contribution is 6.27. The predicted octanol–water partition coefficient (Wildman–Crippen LogP) is 5.09. The van der Waals surface area contributed by atoms with Gasteiger partial charge in [0.2, 0.25) is 5.78 Å². The molecule has 0 saturated heterocycles. The van der Waals surface area contributed by atoms with Gasteiger partial charge >= 0.3 is 0 Å². The summed E-state index contributed by atoms with van der Waals surface area (Å²) in [7, 11) is 0. The molecule has 19 heavy (non-hydrogen) atoms. The number of hydrogen-bond donors (Lipinski definition) is 0. The van der Waals surface area contributed by atoms with Gasteiger partial charge in [0.05, 0.1) is 0 Å². The molecule has 0 saturated carbocycles. The molecule has 2 nitrogen and oxygen atoms in total. The number of hydrogen-bond acceptors (Lipinski definition) is 2. The molecule has 0 bridgehead atoms. The van der Waals surface area contributed by atoms with Crippen LogP contribution in [-0.4, -0.2) is 12.1 Å². The summed E-state index contributed by atoms with van der Waals surface area (Å²) >= 11 is 0. The number of aldehydes is 1. The zero-order valence-electron chi connectivity index (χ0n) is 13.2. The molecule has 2 heteroatoms. The lowest BCUT2D eigenvalue weighted by molar-refractivity contribution is -0.137. The van der Waals surface area contributed by atoms with Crippen LogP contribution in [0.4, 0.5) is 0 Å². The van der Waals surface area contributed by atoms with Gasteiger partial charge in [0.1, 0.15) is 0 Å². The largest absolute Gasteiger partial charge is 0.295 e. The molecule has 0 amide bonds. The van der Waals surface area contributed by atoms with Gasteiger partial charge in [-0.25, -0.2) is 0 Å². The van der Waals surface area contributed by atoms with Gasteiger partial charge in [0.15, 0.2) is 6.29 Å². The maximum atomic E-state index is 11.8. The molecular formula is C17H32O2. The fourth-order valence-electron chi connectivity index (χ4n) is 2.57. The third-order valence-electron chi connectivity index (χ3n) is 4.12. The maximum absolute atomic E-state index is 11.8. The Bertz CT molecular complexity index is 248. The van der Waals surface area contributed by atoms with Crippen molar-refractivity contribution in [2.75, 3.05) is 0 Å². The van der Waals surface area contributed by atoms with Crippen LogP contribution in [0.1, 0.15) is 91.4 Å². The number of rotatable bonds is 13. The van der Waals surface area contributed by atoms with E-state index in [0.29, 0.717) is 6.29 Å². The molecule has 0 aromatic heterocycles. The van der Waals surface area contributed by atoms with E-state index in [1.54, 1.807) is 0 Å². The zero-order chi connectivity index (χ0) is 14.6. The summed E-state index contributed by atoms with van der Waals surface area (Å²) in [5, 5.41) is 0. The third kappa shape index (κ3) is 8.18. The second kappa shape index (κ2) is 11.2. The molecule has 0 spiro atoms. The van der Waals surface area contributed by atoms with Gasteiger partial charge < -0.3 is 0 Å². The fraction of sp³-hybridized carbons (Fsp3) is 0.882. The molecule has 0 rings (SSSR count). The van der Waals surface area contributed by atoms with Crippen LogP contribution < -0.4 is 0 Å².